The Morgan fingerprint density at radius 3 is 2.66 bits per heavy atom. The topological polar surface area (TPSA) is 94.0 Å². The van der Waals surface area contributed by atoms with Gasteiger partial charge in [-0.3, -0.25) is 4.79 Å². The van der Waals surface area contributed by atoms with Crippen LogP contribution in [0.2, 0.25) is 5.02 Å². The van der Waals surface area contributed by atoms with Crippen molar-refractivity contribution in [2.24, 2.45) is 0 Å². The van der Waals surface area contributed by atoms with Gasteiger partial charge in [0.2, 0.25) is 5.95 Å². The molecule has 35 heavy (non-hydrogen) atoms. The number of nitrogens with one attached hydrogen (secondary N) is 2. The van der Waals surface area contributed by atoms with Gasteiger partial charge in [0.15, 0.2) is 0 Å². The largest absolute Gasteiger partial charge is 0.489 e. The number of aromatic nitrogens is 4. The van der Waals surface area contributed by atoms with Crippen LogP contribution in [0.3, 0.4) is 0 Å². The molecule has 176 valence electrons. The second-order valence-electron chi connectivity index (χ2n) is 8.27. The van der Waals surface area contributed by atoms with E-state index >= 15 is 0 Å². The monoisotopic (exact) mass is 486 g/mol. The quantitative estimate of drug-likeness (QED) is 0.392. The Morgan fingerprint density at radius 2 is 1.89 bits per heavy atom. The number of tetrazole rings is 1. The van der Waals surface area contributed by atoms with Crippen LogP contribution in [0.25, 0.3) is 0 Å². The van der Waals surface area contributed by atoms with Gasteiger partial charge in [-0.15, -0.1) is 0 Å². The summed E-state index contributed by atoms with van der Waals surface area (Å²) in [7, 11) is 0. The number of amides is 1. The number of carbonyl (C=O) groups excluding carboxylic acids is 1. The number of allylic oxidation sites excluding steroid dienone is 1. The van der Waals surface area contributed by atoms with Crippen LogP contribution in [0.5, 0.6) is 5.75 Å². The number of para-hydroxylation sites is 1. The lowest BCUT2D eigenvalue weighted by molar-refractivity contribution is -0.113. The molecule has 1 amide bonds. The van der Waals surface area contributed by atoms with Crippen LogP contribution in [-0.2, 0) is 11.4 Å². The molecule has 2 heterocycles. The number of hydrogen-bond donors (Lipinski definition) is 2. The van der Waals surface area contributed by atoms with Gasteiger partial charge in [0.1, 0.15) is 18.4 Å². The molecule has 1 unspecified atom stereocenters. The highest BCUT2D eigenvalue weighted by atomic mass is 35.5. The number of carbonyl (C=O) groups is 1. The van der Waals surface area contributed by atoms with Crippen LogP contribution < -0.4 is 15.4 Å². The lowest BCUT2D eigenvalue weighted by Crippen LogP contribution is -2.31. The molecule has 0 fully saturated rings. The van der Waals surface area contributed by atoms with Gasteiger partial charge in [-0.2, -0.15) is 4.68 Å². The average Bonchev–Trinajstić information content (AvgIpc) is 3.32. The lowest BCUT2D eigenvalue weighted by Gasteiger charge is -2.28. The van der Waals surface area contributed by atoms with Gasteiger partial charge < -0.3 is 15.4 Å². The van der Waals surface area contributed by atoms with Crippen molar-refractivity contribution >= 4 is 29.1 Å². The smallest absolute Gasteiger partial charge is 0.255 e. The molecule has 0 radical (unpaired) electrons. The van der Waals surface area contributed by atoms with Crippen molar-refractivity contribution in [1.82, 2.24) is 20.2 Å². The Labute approximate surface area is 207 Å². The predicted octanol–water partition coefficient (Wildman–Crippen LogP) is 5.14. The van der Waals surface area contributed by atoms with Crippen molar-refractivity contribution < 1.29 is 9.53 Å². The van der Waals surface area contributed by atoms with Crippen molar-refractivity contribution in [3.63, 3.8) is 0 Å². The van der Waals surface area contributed by atoms with Gasteiger partial charge in [0.05, 0.1) is 5.57 Å². The molecular formula is C26H23ClN6O2. The molecule has 5 rings (SSSR count). The third kappa shape index (κ3) is 4.74. The average molecular weight is 487 g/mol. The zero-order valence-electron chi connectivity index (χ0n) is 19.2. The number of fused-ring (bicyclic) bond motifs is 1. The Bertz CT molecular complexity index is 1410. The first-order chi connectivity index (χ1) is 17.0. The van der Waals surface area contributed by atoms with E-state index in [-0.39, 0.29) is 5.91 Å². The molecule has 1 aromatic heterocycles. The van der Waals surface area contributed by atoms with E-state index in [0.717, 1.165) is 22.4 Å². The van der Waals surface area contributed by atoms with E-state index in [9.17, 15) is 4.79 Å². The Kier molecular flexibility index (Phi) is 6.20. The van der Waals surface area contributed by atoms with E-state index in [1.807, 2.05) is 86.6 Å². The summed E-state index contributed by atoms with van der Waals surface area (Å²) < 4.78 is 7.53. The van der Waals surface area contributed by atoms with Crippen molar-refractivity contribution in [1.29, 1.82) is 0 Å². The summed E-state index contributed by atoms with van der Waals surface area (Å²) >= 11 is 6.06. The summed E-state index contributed by atoms with van der Waals surface area (Å²) in [4.78, 5) is 13.5. The second kappa shape index (κ2) is 9.60. The van der Waals surface area contributed by atoms with E-state index in [0.29, 0.717) is 34.6 Å². The number of hydrogen-bond acceptors (Lipinski definition) is 6. The number of aryl methyl sites for hydroxylation is 1. The highest BCUT2D eigenvalue weighted by Gasteiger charge is 2.34. The minimum atomic E-state index is -0.507. The van der Waals surface area contributed by atoms with Crippen LogP contribution in [0.15, 0.2) is 84.1 Å². The summed E-state index contributed by atoms with van der Waals surface area (Å²) in [5.74, 6) is 0.948. The molecule has 9 heteroatoms. The molecule has 3 aromatic carbocycles. The third-order valence-corrected chi connectivity index (χ3v) is 6.08. The first-order valence-electron chi connectivity index (χ1n) is 11.1. The Hall–Kier alpha value is -4.17. The van der Waals surface area contributed by atoms with Gasteiger partial charge >= 0.3 is 0 Å². The maximum absolute atomic E-state index is 13.5. The third-order valence-electron chi connectivity index (χ3n) is 5.84. The second-order valence-corrected chi connectivity index (χ2v) is 8.71. The molecule has 0 bridgehead atoms. The summed E-state index contributed by atoms with van der Waals surface area (Å²) in [6, 6.07) is 22.3. The number of anilines is 2. The minimum absolute atomic E-state index is 0.225. The number of benzene rings is 3. The fourth-order valence-corrected chi connectivity index (χ4v) is 4.27. The van der Waals surface area contributed by atoms with E-state index in [2.05, 4.69) is 26.2 Å². The number of nitrogens with zero attached hydrogens (tertiary/aromatic N) is 4. The normalized spacial score (nSPS) is 14.8. The predicted molar refractivity (Wildman–Crippen MR) is 134 cm³/mol. The Morgan fingerprint density at radius 1 is 1.09 bits per heavy atom. The maximum Gasteiger partial charge on any atom is 0.255 e. The highest BCUT2D eigenvalue weighted by molar-refractivity contribution is 6.30. The maximum atomic E-state index is 13.5. The molecule has 1 aliphatic rings. The molecule has 1 atom stereocenters. The van der Waals surface area contributed by atoms with Gasteiger partial charge in [0.25, 0.3) is 5.91 Å². The van der Waals surface area contributed by atoms with E-state index in [4.69, 9.17) is 16.3 Å². The molecule has 0 saturated heterocycles. The molecule has 0 spiro atoms. The zero-order chi connectivity index (χ0) is 24.4. The van der Waals surface area contributed by atoms with Gasteiger partial charge in [-0.05, 0) is 71.3 Å². The number of halogens is 1. The fraction of sp³-hybridized carbons (Fsp3) is 0.154. The molecule has 0 aliphatic carbocycles. The van der Waals surface area contributed by atoms with Crippen LogP contribution in [-0.4, -0.2) is 26.1 Å². The molecule has 0 saturated carbocycles. The number of rotatable bonds is 6. The van der Waals surface area contributed by atoms with Crippen LogP contribution in [0, 0.1) is 6.92 Å². The first-order valence-corrected chi connectivity index (χ1v) is 11.5. The first kappa shape index (κ1) is 22.6. The Balaban J connectivity index is 1.42. The van der Waals surface area contributed by atoms with Crippen molar-refractivity contribution in [3.8, 4) is 5.75 Å². The van der Waals surface area contributed by atoms with Crippen molar-refractivity contribution in [2.45, 2.75) is 26.5 Å². The SMILES string of the molecule is CC1=C(C(=O)Nc2ccccc2C)C(c2ccc(OCc3cccc(Cl)c3)cc2)n2nnnc2N1. The number of ether oxygens (including phenoxy) is 1. The molecule has 1 aliphatic heterocycles. The van der Waals surface area contributed by atoms with E-state index < -0.39 is 6.04 Å². The summed E-state index contributed by atoms with van der Waals surface area (Å²) in [6.45, 7) is 4.20. The van der Waals surface area contributed by atoms with Crippen molar-refractivity contribution in [2.75, 3.05) is 10.6 Å². The molecule has 4 aromatic rings. The summed E-state index contributed by atoms with van der Waals surface area (Å²) in [5, 5.41) is 18.8. The van der Waals surface area contributed by atoms with E-state index in [1.54, 1.807) is 4.68 Å². The van der Waals surface area contributed by atoms with Crippen LogP contribution in [0.4, 0.5) is 11.6 Å². The zero-order valence-corrected chi connectivity index (χ0v) is 20.0. The summed E-state index contributed by atoms with van der Waals surface area (Å²) in [6.07, 6.45) is 0. The molecular weight excluding hydrogens is 464 g/mol. The summed E-state index contributed by atoms with van der Waals surface area (Å²) in [5.41, 5.74) is 4.77. The standard InChI is InChI=1S/C26H23ClN6O2/c1-16-6-3-4-9-22(16)29-25(34)23-17(2)28-26-30-31-32-33(26)24(23)19-10-12-21(13-11-19)35-15-18-7-5-8-20(27)14-18/h3-14,24H,15H2,1-2H3,(H,29,34)(H,28,30,32). The van der Waals surface area contributed by atoms with Crippen molar-refractivity contribution in [3.05, 3.63) is 106 Å². The van der Waals surface area contributed by atoms with Crippen LogP contribution in [0.1, 0.15) is 29.7 Å². The van der Waals surface area contributed by atoms with Gasteiger partial charge in [-0.25, -0.2) is 0 Å². The van der Waals surface area contributed by atoms with Gasteiger partial charge in [0, 0.05) is 16.4 Å². The fourth-order valence-electron chi connectivity index (χ4n) is 4.06. The lowest BCUT2D eigenvalue weighted by atomic mass is 9.95. The highest BCUT2D eigenvalue weighted by Crippen LogP contribution is 2.35. The van der Waals surface area contributed by atoms with Crippen LogP contribution >= 0.6 is 11.6 Å². The van der Waals surface area contributed by atoms with Gasteiger partial charge in [-0.1, -0.05) is 59.2 Å². The molecule has 8 nitrogen and oxygen atoms in total. The van der Waals surface area contributed by atoms with E-state index in [1.165, 1.54) is 0 Å². The molecule has 2 N–H and O–H groups in total. The minimum Gasteiger partial charge on any atom is -0.489 e.